The SMILES string of the molecule is Fc1cc(OCCC2CC2C2CCN(c3ncc(Cl)cn3)CC2)ccc1-c1nnc(C2CC2)o1. The molecular formula is C25H27ClFN5O2. The van der Waals surface area contributed by atoms with E-state index in [9.17, 15) is 4.39 Å². The predicted molar refractivity (Wildman–Crippen MR) is 125 cm³/mol. The summed E-state index contributed by atoms with van der Waals surface area (Å²) in [5.74, 6) is 4.33. The summed E-state index contributed by atoms with van der Waals surface area (Å²) < 4.78 is 26.1. The van der Waals surface area contributed by atoms with Crippen molar-refractivity contribution in [3.63, 3.8) is 0 Å². The third-order valence-corrected chi connectivity index (χ3v) is 7.50. The van der Waals surface area contributed by atoms with Gasteiger partial charge in [-0.1, -0.05) is 11.6 Å². The van der Waals surface area contributed by atoms with E-state index in [0.717, 1.165) is 50.1 Å². The summed E-state index contributed by atoms with van der Waals surface area (Å²) in [7, 11) is 0. The highest BCUT2D eigenvalue weighted by molar-refractivity contribution is 6.30. The molecule has 3 heterocycles. The van der Waals surface area contributed by atoms with E-state index in [0.29, 0.717) is 40.7 Å². The first-order valence-corrected chi connectivity index (χ1v) is 12.5. The zero-order valence-electron chi connectivity index (χ0n) is 18.9. The van der Waals surface area contributed by atoms with Crippen molar-refractivity contribution in [2.75, 3.05) is 24.6 Å². The normalized spacial score (nSPS) is 22.7. The molecule has 6 rings (SSSR count). The van der Waals surface area contributed by atoms with Gasteiger partial charge in [0.05, 0.1) is 29.6 Å². The minimum atomic E-state index is -0.399. The van der Waals surface area contributed by atoms with Crippen LogP contribution in [0.5, 0.6) is 5.75 Å². The van der Waals surface area contributed by atoms with Gasteiger partial charge in [-0.15, -0.1) is 10.2 Å². The van der Waals surface area contributed by atoms with E-state index in [1.165, 1.54) is 25.3 Å². The molecule has 2 aromatic heterocycles. The highest BCUT2D eigenvalue weighted by atomic mass is 35.5. The Kier molecular flexibility index (Phi) is 5.85. The van der Waals surface area contributed by atoms with Crippen molar-refractivity contribution in [2.45, 2.75) is 44.4 Å². The highest BCUT2D eigenvalue weighted by Gasteiger charge is 2.43. The summed E-state index contributed by atoms with van der Waals surface area (Å²) in [4.78, 5) is 10.9. The number of hydrogen-bond donors (Lipinski definition) is 0. The summed E-state index contributed by atoms with van der Waals surface area (Å²) in [5, 5.41) is 8.60. The topological polar surface area (TPSA) is 77.2 Å². The molecule has 178 valence electrons. The molecule has 0 spiro atoms. The maximum atomic E-state index is 14.6. The molecule has 3 aromatic rings. The van der Waals surface area contributed by atoms with Crippen LogP contribution in [-0.4, -0.2) is 39.9 Å². The van der Waals surface area contributed by atoms with E-state index >= 15 is 0 Å². The number of hydrogen-bond acceptors (Lipinski definition) is 7. The molecule has 0 radical (unpaired) electrons. The molecule has 2 saturated carbocycles. The molecule has 7 nitrogen and oxygen atoms in total. The third-order valence-electron chi connectivity index (χ3n) is 7.31. The Bertz CT molecular complexity index is 1140. The van der Waals surface area contributed by atoms with E-state index < -0.39 is 5.82 Å². The van der Waals surface area contributed by atoms with Gasteiger partial charge in [-0.25, -0.2) is 14.4 Å². The van der Waals surface area contributed by atoms with Crippen LogP contribution in [0.1, 0.15) is 50.3 Å². The lowest BCUT2D eigenvalue weighted by molar-refractivity contribution is 0.283. The zero-order valence-corrected chi connectivity index (χ0v) is 19.6. The van der Waals surface area contributed by atoms with Crippen molar-refractivity contribution < 1.29 is 13.5 Å². The second kappa shape index (κ2) is 9.13. The second-order valence-electron chi connectivity index (χ2n) is 9.68. The molecule has 1 saturated heterocycles. The minimum absolute atomic E-state index is 0.237. The van der Waals surface area contributed by atoms with E-state index in [1.807, 2.05) is 0 Å². The van der Waals surface area contributed by atoms with Crippen molar-refractivity contribution in [3.05, 3.63) is 47.3 Å². The fourth-order valence-corrected chi connectivity index (χ4v) is 5.20. The van der Waals surface area contributed by atoms with E-state index in [4.69, 9.17) is 20.8 Å². The summed E-state index contributed by atoms with van der Waals surface area (Å²) in [6.45, 7) is 2.57. The van der Waals surface area contributed by atoms with Crippen LogP contribution in [0.3, 0.4) is 0 Å². The molecule has 2 unspecified atom stereocenters. The summed E-state index contributed by atoms with van der Waals surface area (Å²) in [5.41, 5.74) is 0.323. The number of halogens is 2. The van der Waals surface area contributed by atoms with E-state index in [2.05, 4.69) is 25.1 Å². The smallest absolute Gasteiger partial charge is 0.250 e. The Hall–Kier alpha value is -2.74. The van der Waals surface area contributed by atoms with Crippen LogP contribution < -0.4 is 9.64 Å². The first-order valence-electron chi connectivity index (χ1n) is 12.1. The monoisotopic (exact) mass is 483 g/mol. The maximum Gasteiger partial charge on any atom is 0.250 e. The zero-order chi connectivity index (χ0) is 23.1. The number of anilines is 1. The molecule has 3 aliphatic rings. The minimum Gasteiger partial charge on any atom is -0.493 e. The molecule has 0 amide bonds. The largest absolute Gasteiger partial charge is 0.493 e. The van der Waals surface area contributed by atoms with Gasteiger partial charge in [0.1, 0.15) is 11.6 Å². The van der Waals surface area contributed by atoms with Crippen LogP contribution >= 0.6 is 11.6 Å². The molecule has 1 aromatic carbocycles. The lowest BCUT2D eigenvalue weighted by atomic mass is 9.90. The van der Waals surface area contributed by atoms with Gasteiger partial charge in [0.25, 0.3) is 5.89 Å². The van der Waals surface area contributed by atoms with Crippen molar-refractivity contribution in [1.82, 2.24) is 20.2 Å². The van der Waals surface area contributed by atoms with E-state index in [-0.39, 0.29) is 5.89 Å². The fraction of sp³-hybridized carbons (Fsp3) is 0.520. The number of nitrogens with zero attached hydrogens (tertiary/aromatic N) is 5. The maximum absolute atomic E-state index is 14.6. The molecule has 2 atom stereocenters. The third kappa shape index (κ3) is 4.73. The van der Waals surface area contributed by atoms with Gasteiger partial charge >= 0.3 is 0 Å². The lowest BCUT2D eigenvalue weighted by Crippen LogP contribution is -2.35. The van der Waals surface area contributed by atoms with Crippen LogP contribution in [0.25, 0.3) is 11.5 Å². The average molecular weight is 484 g/mol. The van der Waals surface area contributed by atoms with Crippen LogP contribution in [0.15, 0.2) is 35.0 Å². The van der Waals surface area contributed by atoms with Gasteiger partial charge < -0.3 is 14.1 Å². The number of ether oxygens (including phenoxy) is 1. The molecule has 0 bridgehead atoms. The Morgan fingerprint density at radius 2 is 1.88 bits per heavy atom. The van der Waals surface area contributed by atoms with Crippen molar-refractivity contribution in [2.24, 2.45) is 17.8 Å². The molecule has 9 heteroatoms. The number of piperidine rings is 1. The first kappa shape index (κ1) is 21.8. The van der Waals surface area contributed by atoms with Crippen molar-refractivity contribution in [3.8, 4) is 17.2 Å². The van der Waals surface area contributed by atoms with Crippen LogP contribution in [0, 0.1) is 23.6 Å². The van der Waals surface area contributed by atoms with Gasteiger partial charge in [0, 0.05) is 25.1 Å². The number of rotatable bonds is 8. The Labute approximate surface area is 202 Å². The summed E-state index contributed by atoms with van der Waals surface area (Å²) in [6, 6.07) is 4.85. The Morgan fingerprint density at radius 3 is 2.62 bits per heavy atom. The molecule has 34 heavy (non-hydrogen) atoms. The lowest BCUT2D eigenvalue weighted by Gasteiger charge is -2.32. The Balaban J connectivity index is 0.951. The quantitative estimate of drug-likeness (QED) is 0.417. The number of benzene rings is 1. The molecule has 3 fully saturated rings. The van der Waals surface area contributed by atoms with Crippen molar-refractivity contribution >= 4 is 17.5 Å². The average Bonchev–Trinajstić information content (AvgIpc) is 3.78. The predicted octanol–water partition coefficient (Wildman–Crippen LogP) is 5.52. The van der Waals surface area contributed by atoms with Crippen molar-refractivity contribution in [1.29, 1.82) is 0 Å². The Morgan fingerprint density at radius 1 is 1.09 bits per heavy atom. The second-order valence-corrected chi connectivity index (χ2v) is 10.1. The summed E-state index contributed by atoms with van der Waals surface area (Å²) >= 11 is 5.89. The number of aromatic nitrogens is 4. The standard InChI is InChI=1S/C25H27ClFN5O2/c26-18-13-28-25(29-14-18)32-8-5-15(6-9-32)21-11-17(21)7-10-33-19-3-4-20(22(27)12-19)24-31-30-23(34-24)16-1-2-16/h3-4,12-17,21H,1-2,5-11H2. The highest BCUT2D eigenvalue weighted by Crippen LogP contribution is 2.50. The molecule has 1 aliphatic heterocycles. The van der Waals surface area contributed by atoms with Gasteiger partial charge in [-0.05, 0) is 68.4 Å². The summed E-state index contributed by atoms with van der Waals surface area (Å²) in [6.07, 6.45) is 10.0. The van der Waals surface area contributed by atoms with Crippen LogP contribution in [0.2, 0.25) is 5.02 Å². The molecule has 0 N–H and O–H groups in total. The van der Waals surface area contributed by atoms with Gasteiger partial charge in [0.2, 0.25) is 11.8 Å². The molecular weight excluding hydrogens is 457 g/mol. The molecule has 2 aliphatic carbocycles. The van der Waals surface area contributed by atoms with Crippen LogP contribution in [-0.2, 0) is 0 Å². The van der Waals surface area contributed by atoms with Crippen LogP contribution in [0.4, 0.5) is 10.3 Å². The fourth-order valence-electron chi connectivity index (χ4n) is 5.10. The van der Waals surface area contributed by atoms with Gasteiger partial charge in [-0.2, -0.15) is 0 Å². The van der Waals surface area contributed by atoms with E-state index in [1.54, 1.807) is 24.5 Å². The first-order chi connectivity index (χ1) is 16.6. The van der Waals surface area contributed by atoms with Gasteiger partial charge in [-0.3, -0.25) is 0 Å². The van der Waals surface area contributed by atoms with Gasteiger partial charge in [0.15, 0.2) is 0 Å².